The lowest BCUT2D eigenvalue weighted by Gasteiger charge is -2.24. The van der Waals surface area contributed by atoms with Crippen molar-refractivity contribution < 1.29 is 17.9 Å². The van der Waals surface area contributed by atoms with Crippen LogP contribution in [0.15, 0.2) is 81.0 Å². The van der Waals surface area contributed by atoms with Crippen LogP contribution < -0.4 is 14.4 Å². The summed E-state index contributed by atoms with van der Waals surface area (Å²) in [7, 11) is -2.50. The average Bonchev–Trinajstić information content (AvgIpc) is 2.82. The van der Waals surface area contributed by atoms with Crippen molar-refractivity contribution in [2.45, 2.75) is 23.6 Å². The van der Waals surface area contributed by atoms with Gasteiger partial charge in [0.05, 0.1) is 22.2 Å². The van der Waals surface area contributed by atoms with Crippen LogP contribution in [0.25, 0.3) is 0 Å². The lowest BCUT2D eigenvalue weighted by Crippen LogP contribution is -2.41. The average molecular weight is 564 g/mol. The summed E-state index contributed by atoms with van der Waals surface area (Å²) in [4.78, 5) is 13.9. The second kappa shape index (κ2) is 11.8. The van der Waals surface area contributed by atoms with Crippen LogP contribution in [0.2, 0.25) is 0 Å². The minimum Gasteiger partial charge on any atom is -0.496 e. The Morgan fingerprint density at radius 3 is 2.21 bits per heavy atom. The van der Waals surface area contributed by atoms with Gasteiger partial charge in [-0.1, -0.05) is 35.4 Å². The molecule has 1 amide bonds. The number of rotatable bonds is 10. The number of halogens is 1. The fourth-order valence-corrected chi connectivity index (χ4v) is 6.05. The number of hydrogen-bond donors (Lipinski definition) is 1. The molecule has 6 nitrogen and oxygen atoms in total. The molecule has 180 valence electrons. The Kier molecular flexibility index (Phi) is 9.04. The van der Waals surface area contributed by atoms with Crippen LogP contribution in [0, 0.1) is 13.8 Å². The molecule has 1 N–H and O–H groups in total. The Labute approximate surface area is 213 Å². The summed E-state index contributed by atoms with van der Waals surface area (Å²) in [6, 6.07) is 19.7. The number of carbonyl (C=O) groups is 1. The van der Waals surface area contributed by atoms with Crippen LogP contribution in [-0.4, -0.2) is 40.3 Å². The van der Waals surface area contributed by atoms with E-state index in [1.165, 1.54) is 24.8 Å². The Morgan fingerprint density at radius 2 is 1.62 bits per heavy atom. The molecule has 0 bridgehead atoms. The van der Waals surface area contributed by atoms with Gasteiger partial charge in [-0.2, -0.15) is 0 Å². The van der Waals surface area contributed by atoms with Crippen LogP contribution >= 0.6 is 27.7 Å². The lowest BCUT2D eigenvalue weighted by atomic mass is 10.2. The highest BCUT2D eigenvalue weighted by Gasteiger charge is 2.28. The molecular formula is C25H27BrN2O4S2. The molecule has 34 heavy (non-hydrogen) atoms. The largest absolute Gasteiger partial charge is 0.496 e. The minimum absolute atomic E-state index is 0.0588. The summed E-state index contributed by atoms with van der Waals surface area (Å²) < 4.78 is 33.9. The Hall–Kier alpha value is -2.49. The van der Waals surface area contributed by atoms with Crippen molar-refractivity contribution >= 4 is 49.3 Å². The van der Waals surface area contributed by atoms with E-state index in [1.54, 1.807) is 30.0 Å². The minimum atomic E-state index is -4.01. The standard InChI is InChI=1S/C25H27BrN2O4S2/c1-18-4-8-20(9-5-18)28(34(30,31)22-12-13-24(32-3)23(26)16-22)17-25(29)27-14-15-33-21-10-6-19(2)7-11-21/h4-13,16H,14-15,17H2,1-3H3,(H,27,29). The van der Waals surface area contributed by atoms with Crippen molar-refractivity contribution in [3.63, 3.8) is 0 Å². The van der Waals surface area contributed by atoms with Crippen molar-refractivity contribution in [1.82, 2.24) is 5.32 Å². The number of carbonyl (C=O) groups excluding carboxylic acids is 1. The molecule has 0 unspecified atom stereocenters. The van der Waals surface area contributed by atoms with E-state index in [4.69, 9.17) is 4.74 Å². The molecule has 3 aromatic carbocycles. The molecular weight excluding hydrogens is 536 g/mol. The first-order valence-electron chi connectivity index (χ1n) is 10.6. The lowest BCUT2D eigenvalue weighted by molar-refractivity contribution is -0.119. The van der Waals surface area contributed by atoms with E-state index in [9.17, 15) is 13.2 Å². The van der Waals surface area contributed by atoms with E-state index >= 15 is 0 Å². The maximum Gasteiger partial charge on any atom is 0.264 e. The molecule has 0 saturated heterocycles. The maximum atomic E-state index is 13.5. The molecule has 0 heterocycles. The van der Waals surface area contributed by atoms with Gasteiger partial charge in [0.2, 0.25) is 5.91 Å². The molecule has 9 heteroatoms. The second-order valence-corrected chi connectivity index (χ2v) is 11.5. The van der Waals surface area contributed by atoms with Gasteiger partial charge in [0, 0.05) is 17.2 Å². The van der Waals surface area contributed by atoms with E-state index < -0.39 is 10.0 Å². The third-order valence-corrected chi connectivity index (χ3v) is 8.44. The predicted molar refractivity (Wildman–Crippen MR) is 141 cm³/mol. The van der Waals surface area contributed by atoms with Gasteiger partial charge in [-0.05, 0) is 72.2 Å². The van der Waals surface area contributed by atoms with Crippen molar-refractivity contribution in [3.8, 4) is 5.75 Å². The summed E-state index contributed by atoms with van der Waals surface area (Å²) in [6.07, 6.45) is 0. The number of nitrogens with one attached hydrogen (secondary N) is 1. The fraction of sp³-hybridized carbons (Fsp3) is 0.240. The van der Waals surface area contributed by atoms with Gasteiger partial charge in [0.1, 0.15) is 12.3 Å². The van der Waals surface area contributed by atoms with Crippen molar-refractivity contribution in [2.24, 2.45) is 0 Å². The summed E-state index contributed by atoms with van der Waals surface area (Å²) >= 11 is 4.97. The number of sulfonamides is 1. The van der Waals surface area contributed by atoms with Gasteiger partial charge < -0.3 is 10.1 Å². The van der Waals surface area contributed by atoms with Gasteiger partial charge in [-0.25, -0.2) is 8.42 Å². The predicted octanol–water partition coefficient (Wildman–Crippen LogP) is 5.18. The van der Waals surface area contributed by atoms with Crippen molar-refractivity contribution in [3.05, 3.63) is 82.3 Å². The quantitative estimate of drug-likeness (QED) is 0.272. The highest BCUT2D eigenvalue weighted by Crippen LogP contribution is 2.30. The number of hydrogen-bond acceptors (Lipinski definition) is 5. The smallest absolute Gasteiger partial charge is 0.264 e. The molecule has 0 spiro atoms. The maximum absolute atomic E-state index is 13.5. The number of aryl methyl sites for hydroxylation is 2. The van der Waals surface area contributed by atoms with Gasteiger partial charge in [-0.3, -0.25) is 9.10 Å². The van der Waals surface area contributed by atoms with Gasteiger partial charge in [-0.15, -0.1) is 11.8 Å². The highest BCUT2D eigenvalue weighted by molar-refractivity contribution is 9.10. The van der Waals surface area contributed by atoms with Crippen LogP contribution in [0.1, 0.15) is 11.1 Å². The summed E-state index contributed by atoms with van der Waals surface area (Å²) in [5.74, 6) is 0.822. The van der Waals surface area contributed by atoms with Gasteiger partial charge in [0.25, 0.3) is 10.0 Å². The monoisotopic (exact) mass is 562 g/mol. The number of amides is 1. The van der Waals surface area contributed by atoms with E-state index in [2.05, 4.69) is 21.2 Å². The normalized spacial score (nSPS) is 11.2. The highest BCUT2D eigenvalue weighted by atomic mass is 79.9. The summed E-state index contributed by atoms with van der Waals surface area (Å²) in [5, 5.41) is 2.83. The molecule has 0 aliphatic heterocycles. The molecule has 3 rings (SSSR count). The fourth-order valence-electron chi connectivity index (χ4n) is 3.14. The number of ether oxygens (including phenoxy) is 1. The molecule has 0 atom stereocenters. The van der Waals surface area contributed by atoms with Crippen LogP contribution in [0.5, 0.6) is 5.75 Å². The molecule has 0 radical (unpaired) electrons. The van der Waals surface area contributed by atoms with E-state index in [1.807, 2.05) is 50.2 Å². The summed E-state index contributed by atoms with van der Waals surface area (Å²) in [6.45, 7) is 4.05. The van der Waals surface area contributed by atoms with Crippen LogP contribution in [0.4, 0.5) is 5.69 Å². The third-order valence-electron chi connectivity index (χ3n) is 5.03. The van der Waals surface area contributed by atoms with E-state index in [-0.39, 0.29) is 17.3 Å². The zero-order valence-corrected chi connectivity index (χ0v) is 22.5. The first-order chi connectivity index (χ1) is 16.2. The Morgan fingerprint density at radius 1 is 1.00 bits per heavy atom. The van der Waals surface area contributed by atoms with E-state index in [0.717, 1.165) is 14.8 Å². The number of methoxy groups -OCH3 is 1. The molecule has 0 aromatic heterocycles. The van der Waals surface area contributed by atoms with Crippen LogP contribution in [-0.2, 0) is 14.8 Å². The number of benzene rings is 3. The molecule has 0 aliphatic carbocycles. The van der Waals surface area contributed by atoms with E-state index in [0.29, 0.717) is 28.2 Å². The molecule has 0 saturated carbocycles. The molecule has 0 fully saturated rings. The van der Waals surface area contributed by atoms with Gasteiger partial charge in [0.15, 0.2) is 0 Å². The van der Waals surface area contributed by atoms with Crippen molar-refractivity contribution in [2.75, 3.05) is 30.3 Å². The zero-order chi connectivity index (χ0) is 24.7. The number of thioether (sulfide) groups is 1. The number of anilines is 1. The SMILES string of the molecule is COc1ccc(S(=O)(=O)N(CC(=O)NCCSc2ccc(C)cc2)c2ccc(C)cc2)cc1Br. The Balaban J connectivity index is 1.74. The second-order valence-electron chi connectivity index (χ2n) is 7.66. The molecule has 3 aromatic rings. The van der Waals surface area contributed by atoms with Gasteiger partial charge >= 0.3 is 0 Å². The summed E-state index contributed by atoms with van der Waals surface area (Å²) in [5.41, 5.74) is 2.60. The van der Waals surface area contributed by atoms with Crippen molar-refractivity contribution in [1.29, 1.82) is 0 Å². The zero-order valence-electron chi connectivity index (χ0n) is 19.2. The molecule has 0 aliphatic rings. The third kappa shape index (κ3) is 6.77. The topological polar surface area (TPSA) is 75.7 Å². The first kappa shape index (κ1) is 26.1. The first-order valence-corrected chi connectivity index (χ1v) is 13.8. The Bertz CT molecular complexity index is 1230. The van der Waals surface area contributed by atoms with Crippen LogP contribution in [0.3, 0.4) is 0 Å². The number of nitrogens with zero attached hydrogens (tertiary/aromatic N) is 1.